The minimum Gasteiger partial charge on any atom is -0.484 e. The maximum atomic E-state index is 14.9. The molecule has 21 heteroatoms. The van der Waals surface area contributed by atoms with Crippen molar-refractivity contribution in [1.82, 2.24) is 30.2 Å². The fraction of sp³-hybridized carbons (Fsp3) is 0.707. The molecule has 3 N–H and O–H groups in total. The summed E-state index contributed by atoms with van der Waals surface area (Å²) in [4.78, 5) is 67.2. The number of aryl methyl sites for hydroxylation is 1. The predicted molar refractivity (Wildman–Crippen MR) is 211 cm³/mol. The van der Waals surface area contributed by atoms with Crippen molar-refractivity contribution in [1.29, 1.82) is 0 Å². The largest absolute Gasteiger partial charge is 0.484 e. The second kappa shape index (κ2) is 16.5. The van der Waals surface area contributed by atoms with Crippen molar-refractivity contribution in [3.8, 4) is 11.6 Å². The molecule has 1 aromatic carbocycles. The van der Waals surface area contributed by atoms with Crippen LogP contribution >= 0.6 is 0 Å². The lowest BCUT2D eigenvalue weighted by Crippen LogP contribution is -2.61. The average molecular weight is 901 g/mol. The van der Waals surface area contributed by atoms with E-state index in [0.29, 0.717) is 30.5 Å². The van der Waals surface area contributed by atoms with Gasteiger partial charge in [0.2, 0.25) is 34.1 Å². The number of alkyl halides is 5. The summed E-state index contributed by atoms with van der Waals surface area (Å²) in [5.41, 5.74) is -2.39. The third-order valence-electron chi connectivity index (χ3n) is 12.8. The SMILES string of the molecule is CCC1C2CN(C(=O)C(C(C)(C)C)NC(=O)OC3CC3CCCCCc3nc4ccc(OCC(F)(F)F)cc4nc3O2)C1C(=O)NC1(C(=O)NS(=O)(=O)C2(C)CC2)CC1C(F)F. The molecule has 4 amide bonds. The number of carbonyl (C=O) groups is 4. The van der Waals surface area contributed by atoms with E-state index in [0.717, 1.165) is 24.2 Å². The fourth-order valence-corrected chi connectivity index (χ4v) is 9.85. The lowest BCUT2D eigenvalue weighted by molar-refractivity contribution is -0.153. The quantitative estimate of drug-likeness (QED) is 0.275. The molecule has 5 aliphatic rings. The molecule has 0 spiro atoms. The van der Waals surface area contributed by atoms with Gasteiger partial charge in [-0.1, -0.05) is 40.5 Å². The molecule has 15 nitrogen and oxygen atoms in total. The Bertz CT molecular complexity index is 2200. The molecule has 8 unspecified atom stereocenters. The number of sulfonamides is 1. The number of benzene rings is 1. The number of alkyl carbamates (subject to hydrolysis) is 1. The summed E-state index contributed by atoms with van der Waals surface area (Å²) in [5, 5.41) is 5.14. The Morgan fingerprint density at radius 3 is 2.40 bits per heavy atom. The number of aromatic nitrogens is 2. The Morgan fingerprint density at radius 2 is 1.77 bits per heavy atom. The van der Waals surface area contributed by atoms with Gasteiger partial charge in [0.25, 0.3) is 5.91 Å². The second-order valence-electron chi connectivity index (χ2n) is 18.7. The van der Waals surface area contributed by atoms with Gasteiger partial charge in [-0.05, 0) is 81.8 Å². The number of nitrogens with zero attached hydrogens (tertiary/aromatic N) is 3. The van der Waals surface area contributed by atoms with E-state index in [1.54, 1.807) is 27.7 Å². The van der Waals surface area contributed by atoms with Crippen molar-refractivity contribution in [2.45, 2.75) is 146 Å². The third-order valence-corrected chi connectivity index (χ3v) is 15.0. The minimum atomic E-state index is -4.60. The van der Waals surface area contributed by atoms with Gasteiger partial charge in [-0.3, -0.25) is 19.1 Å². The van der Waals surface area contributed by atoms with Gasteiger partial charge >= 0.3 is 12.3 Å². The number of ether oxygens (including phenoxy) is 3. The van der Waals surface area contributed by atoms with Crippen LogP contribution in [-0.4, -0.2) is 107 Å². The van der Waals surface area contributed by atoms with Crippen molar-refractivity contribution in [3.05, 3.63) is 23.9 Å². The molecule has 4 fully saturated rings. The first-order chi connectivity index (χ1) is 28.9. The zero-order valence-electron chi connectivity index (χ0n) is 35.2. The van der Waals surface area contributed by atoms with Gasteiger partial charge < -0.3 is 29.7 Å². The van der Waals surface area contributed by atoms with Crippen LogP contribution in [0.25, 0.3) is 11.0 Å². The highest BCUT2D eigenvalue weighted by Crippen LogP contribution is 2.50. The van der Waals surface area contributed by atoms with E-state index < -0.39 is 105 Å². The molecule has 2 aliphatic heterocycles. The van der Waals surface area contributed by atoms with E-state index in [-0.39, 0.29) is 55.0 Å². The fourth-order valence-electron chi connectivity index (χ4n) is 8.54. The highest BCUT2D eigenvalue weighted by atomic mass is 32.2. The summed E-state index contributed by atoms with van der Waals surface area (Å²) in [5.74, 6) is -5.74. The van der Waals surface area contributed by atoms with Crippen molar-refractivity contribution in [2.75, 3.05) is 13.2 Å². The monoisotopic (exact) mass is 900 g/mol. The first kappa shape index (κ1) is 45.5. The maximum Gasteiger partial charge on any atom is 0.422 e. The number of halogens is 5. The van der Waals surface area contributed by atoms with E-state index in [4.69, 9.17) is 19.2 Å². The highest BCUT2D eigenvalue weighted by Gasteiger charge is 2.68. The van der Waals surface area contributed by atoms with E-state index in [9.17, 15) is 49.5 Å². The molecule has 7 rings (SSSR count). The van der Waals surface area contributed by atoms with Crippen LogP contribution in [0.15, 0.2) is 18.2 Å². The third kappa shape index (κ3) is 9.51. The number of amides is 4. The number of hydrogen-bond donors (Lipinski definition) is 3. The summed E-state index contributed by atoms with van der Waals surface area (Å²) >= 11 is 0. The lowest BCUT2D eigenvalue weighted by Gasteiger charge is -2.36. The molecule has 8 atom stereocenters. The van der Waals surface area contributed by atoms with Crippen molar-refractivity contribution in [3.63, 3.8) is 0 Å². The van der Waals surface area contributed by atoms with Gasteiger partial charge in [0.05, 0.1) is 28.2 Å². The van der Waals surface area contributed by atoms with Crippen LogP contribution in [0.2, 0.25) is 0 Å². The highest BCUT2D eigenvalue weighted by molar-refractivity contribution is 7.91. The van der Waals surface area contributed by atoms with E-state index in [1.807, 2.05) is 4.72 Å². The zero-order valence-corrected chi connectivity index (χ0v) is 36.0. The molecular formula is C41H53F5N6O9S. The van der Waals surface area contributed by atoms with Crippen LogP contribution < -0.4 is 24.8 Å². The normalized spacial score (nSPS) is 30.1. The average Bonchev–Trinajstić information content (AvgIpc) is 4.13. The van der Waals surface area contributed by atoms with Gasteiger partial charge in [0.15, 0.2) is 6.61 Å². The molecule has 3 aliphatic carbocycles. The summed E-state index contributed by atoms with van der Waals surface area (Å²) in [6, 6.07) is 1.32. The standard InChI is InChI=1S/C41H53F5N6O9S/c1-6-23-29-19-52(30(23)33(53)50-40(18-24(40)32(42)43)36(55)51-62(57,58)39(5)14-15-39)35(54)31(38(2,3)4)49-37(56)61-28-16-21(28)10-8-7-9-11-26-34(60-29)48-27-17-22(12-13-25(27)47-26)59-20-41(44,45)46/h12-13,17,21,23-24,28-32H,6-11,14-16,18-20H2,1-5H3,(H,49,56)(H,50,53)(H,51,55). The smallest absolute Gasteiger partial charge is 0.422 e. The van der Waals surface area contributed by atoms with Crippen molar-refractivity contribution in [2.24, 2.45) is 23.2 Å². The Morgan fingerprint density at radius 1 is 1.05 bits per heavy atom. The number of fused-ring (bicyclic) bond motifs is 5. The maximum absolute atomic E-state index is 14.9. The van der Waals surface area contributed by atoms with Gasteiger partial charge in [-0.2, -0.15) is 13.2 Å². The number of nitrogens with one attached hydrogen (secondary N) is 3. The first-order valence-electron chi connectivity index (χ1n) is 21.1. The van der Waals surface area contributed by atoms with Gasteiger partial charge in [0.1, 0.15) is 41.3 Å². The Balaban J connectivity index is 1.27. The molecule has 2 aromatic rings. The van der Waals surface area contributed by atoms with Crippen molar-refractivity contribution < 1.29 is 63.8 Å². The Kier molecular flexibility index (Phi) is 12.1. The Labute approximate surface area is 356 Å². The molecule has 3 heterocycles. The van der Waals surface area contributed by atoms with Crippen LogP contribution in [-0.2, 0) is 35.6 Å². The van der Waals surface area contributed by atoms with Crippen LogP contribution in [0, 0.1) is 23.2 Å². The van der Waals surface area contributed by atoms with Crippen LogP contribution in [0.5, 0.6) is 11.6 Å². The lowest BCUT2D eigenvalue weighted by atomic mass is 9.85. The molecule has 1 aromatic heterocycles. The molecule has 0 radical (unpaired) electrons. The first-order valence-corrected chi connectivity index (χ1v) is 22.5. The summed E-state index contributed by atoms with van der Waals surface area (Å²) in [6.07, 6.45) is -5.85. The predicted octanol–water partition coefficient (Wildman–Crippen LogP) is 5.34. The number of carbonyl (C=O) groups excluding carboxylic acids is 4. The molecule has 3 saturated carbocycles. The topological polar surface area (TPSA) is 195 Å². The number of rotatable bonds is 9. The van der Waals surface area contributed by atoms with Crippen LogP contribution in [0.4, 0.5) is 26.7 Å². The molecule has 1 saturated heterocycles. The second-order valence-corrected chi connectivity index (χ2v) is 20.9. The zero-order chi connectivity index (χ0) is 45.2. The Hall–Kier alpha value is -4.56. The molecule has 2 bridgehead atoms. The van der Waals surface area contributed by atoms with Crippen LogP contribution in [0.3, 0.4) is 0 Å². The van der Waals surface area contributed by atoms with E-state index in [2.05, 4.69) is 15.6 Å². The number of hydrogen-bond acceptors (Lipinski definition) is 11. The minimum absolute atomic E-state index is 0.00518. The van der Waals surface area contributed by atoms with Gasteiger partial charge in [-0.25, -0.2) is 32.0 Å². The summed E-state index contributed by atoms with van der Waals surface area (Å²) in [7, 11) is -4.30. The van der Waals surface area contributed by atoms with Gasteiger partial charge in [-0.15, -0.1) is 0 Å². The van der Waals surface area contributed by atoms with E-state index in [1.165, 1.54) is 25.1 Å². The molecular weight excluding hydrogens is 848 g/mol. The molecule has 62 heavy (non-hydrogen) atoms. The summed E-state index contributed by atoms with van der Waals surface area (Å²) in [6.45, 7) is 6.35. The van der Waals surface area contributed by atoms with Crippen LogP contribution in [0.1, 0.15) is 98.1 Å². The molecule has 342 valence electrons. The van der Waals surface area contributed by atoms with Gasteiger partial charge in [0, 0.05) is 12.0 Å². The van der Waals surface area contributed by atoms with E-state index >= 15 is 0 Å². The summed E-state index contributed by atoms with van der Waals surface area (Å²) < 4.78 is 112. The van der Waals surface area contributed by atoms with Crippen molar-refractivity contribution >= 4 is 44.9 Å².